The van der Waals surface area contributed by atoms with Gasteiger partial charge < -0.3 is 4.90 Å². The maximum Gasteiger partial charge on any atom is 0.0726 e. The van der Waals surface area contributed by atoms with Gasteiger partial charge in [-0.25, -0.2) is 5.43 Å². The summed E-state index contributed by atoms with van der Waals surface area (Å²) in [5.74, 6) is 6.24. The number of nitrogens with one attached hydrogen (secondary N) is 1. The Hall–Kier alpha value is -1.84. The van der Waals surface area contributed by atoms with Crippen molar-refractivity contribution in [2.45, 2.75) is 25.8 Å². The highest BCUT2D eigenvalue weighted by atomic mass is 15.2. The number of allylic oxidation sites excluding steroid dienone is 3. The van der Waals surface area contributed by atoms with Gasteiger partial charge in [0.25, 0.3) is 0 Å². The lowest BCUT2D eigenvalue weighted by atomic mass is 9.88. The summed E-state index contributed by atoms with van der Waals surface area (Å²) in [5, 5.41) is 0. The predicted octanol–water partition coefficient (Wildman–Crippen LogP) is 3.17. The number of nitrogens with two attached hydrogens (primary N) is 1. The molecule has 0 aromatic heterocycles. The van der Waals surface area contributed by atoms with Crippen LogP contribution in [0.25, 0.3) is 0 Å². The van der Waals surface area contributed by atoms with E-state index >= 15 is 0 Å². The van der Waals surface area contributed by atoms with E-state index < -0.39 is 0 Å². The van der Waals surface area contributed by atoms with Crippen LogP contribution in [0, 0.1) is 6.92 Å². The van der Waals surface area contributed by atoms with Gasteiger partial charge in [0.05, 0.1) is 6.04 Å². The number of benzene rings is 1. The zero-order chi connectivity index (χ0) is 15.4. The van der Waals surface area contributed by atoms with Gasteiger partial charge in [-0.3, -0.25) is 5.84 Å². The molecule has 0 heterocycles. The van der Waals surface area contributed by atoms with E-state index in [-0.39, 0.29) is 6.04 Å². The Kier molecular flexibility index (Phi) is 4.99. The zero-order valence-corrected chi connectivity index (χ0v) is 13.3. The van der Waals surface area contributed by atoms with Crippen LogP contribution in [0.15, 0.2) is 54.3 Å². The summed E-state index contributed by atoms with van der Waals surface area (Å²) in [6.45, 7) is 4.35. The molecule has 112 valence electrons. The topological polar surface area (TPSA) is 41.3 Å². The Morgan fingerprint density at radius 1 is 1.19 bits per heavy atom. The standard InChI is InChI=1S/C18H25N3/c1-13-9-10-16-17(11-13)14(2)7-5-6-8-15(12-21(3)4)18(16)20-19/h5-12,14,18,20H,19H2,1-4H3/b7-5-,8-6-,15-12-. The first kappa shape index (κ1) is 15.5. The number of rotatable bonds is 2. The molecule has 0 radical (unpaired) electrons. The van der Waals surface area contributed by atoms with Crippen LogP contribution in [0.4, 0.5) is 0 Å². The van der Waals surface area contributed by atoms with Gasteiger partial charge in [-0.15, -0.1) is 0 Å². The van der Waals surface area contributed by atoms with Crippen molar-refractivity contribution >= 4 is 0 Å². The number of fused-ring (bicyclic) bond motifs is 1. The fourth-order valence-corrected chi connectivity index (χ4v) is 2.73. The molecule has 0 fully saturated rings. The molecular weight excluding hydrogens is 258 g/mol. The Labute approximate surface area is 127 Å². The van der Waals surface area contributed by atoms with Crippen LogP contribution in [0.2, 0.25) is 0 Å². The highest BCUT2D eigenvalue weighted by molar-refractivity contribution is 5.45. The van der Waals surface area contributed by atoms with E-state index in [2.05, 4.69) is 68.0 Å². The number of aryl methyl sites for hydroxylation is 1. The highest BCUT2D eigenvalue weighted by Crippen LogP contribution is 2.32. The Morgan fingerprint density at radius 2 is 1.95 bits per heavy atom. The molecule has 0 amide bonds. The Balaban J connectivity index is 2.62. The molecule has 0 bridgehead atoms. The summed E-state index contributed by atoms with van der Waals surface area (Å²) in [6, 6.07) is 6.57. The van der Waals surface area contributed by atoms with Crippen LogP contribution in [-0.2, 0) is 0 Å². The minimum absolute atomic E-state index is 0.0124. The second-order valence-corrected chi connectivity index (χ2v) is 5.86. The lowest BCUT2D eigenvalue weighted by Gasteiger charge is -2.24. The van der Waals surface area contributed by atoms with Gasteiger partial charge in [-0.2, -0.15) is 0 Å². The molecule has 0 saturated heterocycles. The minimum atomic E-state index is -0.0124. The number of hydrazine groups is 1. The largest absolute Gasteiger partial charge is 0.383 e. The van der Waals surface area contributed by atoms with E-state index in [0.29, 0.717) is 5.92 Å². The SMILES string of the molecule is Cc1ccc2c(c1)C(C)\C=C/C=C\C(=C\N(C)C)C2NN. The molecule has 2 atom stereocenters. The summed E-state index contributed by atoms with van der Waals surface area (Å²) < 4.78 is 0. The average Bonchev–Trinajstić information content (AvgIpc) is 2.49. The van der Waals surface area contributed by atoms with Crippen LogP contribution in [-0.4, -0.2) is 19.0 Å². The molecule has 1 aliphatic rings. The lowest BCUT2D eigenvalue weighted by molar-refractivity contribution is 0.540. The van der Waals surface area contributed by atoms with Gasteiger partial charge in [0.1, 0.15) is 0 Å². The van der Waals surface area contributed by atoms with Crippen molar-refractivity contribution in [2.24, 2.45) is 5.84 Å². The molecule has 0 spiro atoms. The molecule has 2 rings (SSSR count). The maximum absolute atomic E-state index is 5.88. The normalized spacial score (nSPS) is 26.4. The molecule has 1 aromatic rings. The van der Waals surface area contributed by atoms with E-state index in [9.17, 15) is 0 Å². The second kappa shape index (κ2) is 6.74. The van der Waals surface area contributed by atoms with Gasteiger partial charge in [0, 0.05) is 20.3 Å². The van der Waals surface area contributed by atoms with Crippen molar-refractivity contribution in [2.75, 3.05) is 14.1 Å². The van der Waals surface area contributed by atoms with E-state index in [0.717, 1.165) is 5.57 Å². The molecule has 21 heavy (non-hydrogen) atoms. The Morgan fingerprint density at radius 3 is 2.62 bits per heavy atom. The molecule has 0 saturated carbocycles. The van der Waals surface area contributed by atoms with Crippen molar-refractivity contribution in [1.82, 2.24) is 10.3 Å². The molecule has 2 unspecified atom stereocenters. The molecule has 0 aliphatic heterocycles. The van der Waals surface area contributed by atoms with Gasteiger partial charge in [0.15, 0.2) is 0 Å². The van der Waals surface area contributed by atoms with E-state index in [1.54, 1.807) is 0 Å². The summed E-state index contributed by atoms with van der Waals surface area (Å²) in [6.07, 6.45) is 10.6. The molecule has 3 heteroatoms. The van der Waals surface area contributed by atoms with Gasteiger partial charge >= 0.3 is 0 Å². The lowest BCUT2D eigenvalue weighted by Crippen LogP contribution is -2.30. The number of hydrogen-bond donors (Lipinski definition) is 2. The number of hydrogen-bond acceptors (Lipinski definition) is 3. The van der Waals surface area contributed by atoms with Crippen LogP contribution in [0.3, 0.4) is 0 Å². The Bertz CT molecular complexity index is 582. The monoisotopic (exact) mass is 283 g/mol. The van der Waals surface area contributed by atoms with Crippen molar-refractivity contribution in [3.8, 4) is 0 Å². The van der Waals surface area contributed by atoms with Crippen molar-refractivity contribution in [3.63, 3.8) is 0 Å². The third kappa shape index (κ3) is 3.63. The van der Waals surface area contributed by atoms with Gasteiger partial charge in [0.2, 0.25) is 0 Å². The predicted molar refractivity (Wildman–Crippen MR) is 89.7 cm³/mol. The van der Waals surface area contributed by atoms with Crippen LogP contribution >= 0.6 is 0 Å². The molecule has 3 N–H and O–H groups in total. The summed E-state index contributed by atoms with van der Waals surface area (Å²) in [7, 11) is 4.05. The quantitative estimate of drug-likeness (QED) is 0.647. The maximum atomic E-state index is 5.88. The van der Waals surface area contributed by atoms with Crippen LogP contribution in [0.1, 0.15) is 35.6 Å². The first-order valence-electron chi connectivity index (χ1n) is 7.32. The summed E-state index contributed by atoms with van der Waals surface area (Å²) in [5.41, 5.74) is 7.95. The molecule has 1 aliphatic carbocycles. The van der Waals surface area contributed by atoms with Crippen LogP contribution in [0.5, 0.6) is 0 Å². The van der Waals surface area contributed by atoms with E-state index in [1.807, 2.05) is 19.0 Å². The third-order valence-electron chi connectivity index (χ3n) is 3.75. The van der Waals surface area contributed by atoms with Crippen molar-refractivity contribution < 1.29 is 0 Å². The second-order valence-electron chi connectivity index (χ2n) is 5.86. The molecular formula is C18H25N3. The molecule has 3 nitrogen and oxygen atoms in total. The van der Waals surface area contributed by atoms with Gasteiger partial charge in [-0.05, 0) is 29.5 Å². The average molecular weight is 283 g/mol. The molecule has 1 aromatic carbocycles. The van der Waals surface area contributed by atoms with Crippen LogP contribution < -0.4 is 11.3 Å². The van der Waals surface area contributed by atoms with Crippen molar-refractivity contribution in [3.05, 3.63) is 71.0 Å². The summed E-state index contributed by atoms with van der Waals surface area (Å²) >= 11 is 0. The zero-order valence-electron chi connectivity index (χ0n) is 13.3. The fourth-order valence-electron chi connectivity index (χ4n) is 2.73. The first-order valence-corrected chi connectivity index (χ1v) is 7.32. The van der Waals surface area contributed by atoms with E-state index in [4.69, 9.17) is 5.84 Å². The third-order valence-corrected chi connectivity index (χ3v) is 3.75. The van der Waals surface area contributed by atoms with Gasteiger partial charge in [-0.1, -0.05) is 55.0 Å². The fraction of sp³-hybridized carbons (Fsp3) is 0.333. The summed E-state index contributed by atoms with van der Waals surface area (Å²) in [4.78, 5) is 2.04. The minimum Gasteiger partial charge on any atom is -0.383 e. The first-order chi connectivity index (χ1) is 10.0. The van der Waals surface area contributed by atoms with Crippen molar-refractivity contribution in [1.29, 1.82) is 0 Å². The highest BCUT2D eigenvalue weighted by Gasteiger charge is 2.20. The van der Waals surface area contributed by atoms with E-state index in [1.165, 1.54) is 16.7 Å². The number of nitrogens with zero attached hydrogens (tertiary/aromatic N) is 1. The smallest absolute Gasteiger partial charge is 0.0726 e.